The highest BCUT2D eigenvalue weighted by atomic mass is 35.5. The molecule has 3 nitrogen and oxygen atoms in total. The van der Waals surface area contributed by atoms with Crippen molar-refractivity contribution in [2.24, 2.45) is 0 Å². The van der Waals surface area contributed by atoms with Crippen LogP contribution in [0.2, 0.25) is 5.02 Å². The van der Waals surface area contributed by atoms with E-state index in [2.05, 4.69) is 5.32 Å². The zero-order chi connectivity index (χ0) is 13.8. The van der Waals surface area contributed by atoms with E-state index in [-0.39, 0.29) is 12.3 Å². The molecule has 0 saturated heterocycles. The van der Waals surface area contributed by atoms with Crippen molar-refractivity contribution >= 4 is 17.3 Å². The summed E-state index contributed by atoms with van der Waals surface area (Å²) in [5, 5.41) is 21.8. The molecule has 2 rings (SSSR count). The Labute approximate surface area is 114 Å². The molecule has 0 bridgehead atoms. The Kier molecular flexibility index (Phi) is 3.88. The van der Waals surface area contributed by atoms with Gasteiger partial charge < -0.3 is 10.4 Å². The maximum Gasteiger partial charge on any atom is 0.165 e. The van der Waals surface area contributed by atoms with Gasteiger partial charge >= 0.3 is 0 Å². The SMILES string of the molecule is N#Cc1ccc(Cl)c(NCc2cccc(F)c2O)c1. The van der Waals surface area contributed by atoms with E-state index in [1.807, 2.05) is 6.07 Å². The van der Waals surface area contributed by atoms with Gasteiger partial charge in [-0.25, -0.2) is 4.39 Å². The maximum atomic E-state index is 13.2. The van der Waals surface area contributed by atoms with Crippen molar-refractivity contribution in [3.8, 4) is 11.8 Å². The van der Waals surface area contributed by atoms with E-state index in [9.17, 15) is 9.50 Å². The number of hydrogen-bond acceptors (Lipinski definition) is 3. The lowest BCUT2D eigenvalue weighted by atomic mass is 10.1. The van der Waals surface area contributed by atoms with E-state index < -0.39 is 5.82 Å². The molecule has 0 amide bonds. The number of nitrogens with one attached hydrogen (secondary N) is 1. The first-order valence-electron chi connectivity index (χ1n) is 5.51. The second-order valence-corrected chi connectivity index (χ2v) is 4.31. The lowest BCUT2D eigenvalue weighted by Crippen LogP contribution is -2.01. The summed E-state index contributed by atoms with van der Waals surface area (Å²) in [6.45, 7) is 0.207. The van der Waals surface area contributed by atoms with Gasteiger partial charge in [0.2, 0.25) is 0 Å². The number of halogens is 2. The van der Waals surface area contributed by atoms with Crippen LogP contribution in [-0.2, 0) is 6.54 Å². The number of anilines is 1. The van der Waals surface area contributed by atoms with E-state index in [1.165, 1.54) is 12.1 Å². The summed E-state index contributed by atoms with van der Waals surface area (Å²) in [7, 11) is 0. The number of para-hydroxylation sites is 1. The molecule has 2 N–H and O–H groups in total. The number of phenolic OH excluding ortho intramolecular Hbond substituents is 1. The average Bonchev–Trinajstić information content (AvgIpc) is 2.42. The van der Waals surface area contributed by atoms with Gasteiger partial charge in [-0.2, -0.15) is 5.26 Å². The second kappa shape index (κ2) is 5.59. The molecule has 0 radical (unpaired) electrons. The second-order valence-electron chi connectivity index (χ2n) is 3.91. The third-order valence-corrected chi connectivity index (χ3v) is 2.96. The molecule has 5 heteroatoms. The van der Waals surface area contributed by atoms with Crippen LogP contribution in [0.3, 0.4) is 0 Å². The van der Waals surface area contributed by atoms with E-state index >= 15 is 0 Å². The first-order valence-corrected chi connectivity index (χ1v) is 5.89. The Balaban J connectivity index is 2.19. The van der Waals surface area contributed by atoms with Gasteiger partial charge in [0.25, 0.3) is 0 Å². The van der Waals surface area contributed by atoms with Crippen LogP contribution in [0, 0.1) is 17.1 Å². The number of nitriles is 1. The first-order chi connectivity index (χ1) is 9.11. The van der Waals surface area contributed by atoms with Crippen molar-refractivity contribution in [1.29, 1.82) is 5.26 Å². The van der Waals surface area contributed by atoms with Crippen molar-refractivity contribution in [3.63, 3.8) is 0 Å². The summed E-state index contributed by atoms with van der Waals surface area (Å²) in [5.74, 6) is -1.06. The van der Waals surface area contributed by atoms with Crippen LogP contribution in [0.15, 0.2) is 36.4 Å². The predicted octanol–water partition coefficient (Wildman–Crippen LogP) is 3.67. The zero-order valence-corrected chi connectivity index (χ0v) is 10.6. The fourth-order valence-electron chi connectivity index (χ4n) is 1.62. The van der Waals surface area contributed by atoms with Crippen LogP contribution >= 0.6 is 11.6 Å². The summed E-state index contributed by atoms with van der Waals surface area (Å²) in [5.41, 5.74) is 1.44. The normalized spacial score (nSPS) is 9.95. The van der Waals surface area contributed by atoms with Crippen LogP contribution in [0.25, 0.3) is 0 Å². The molecule has 96 valence electrons. The molecular formula is C14H10ClFN2O. The predicted molar refractivity (Wildman–Crippen MR) is 71.6 cm³/mol. The van der Waals surface area contributed by atoms with Gasteiger partial charge in [-0.15, -0.1) is 0 Å². The van der Waals surface area contributed by atoms with Crippen LogP contribution in [-0.4, -0.2) is 5.11 Å². The number of aromatic hydroxyl groups is 1. The van der Waals surface area contributed by atoms with Gasteiger partial charge in [0.15, 0.2) is 11.6 Å². The molecule has 2 aromatic rings. The Hall–Kier alpha value is -2.25. The van der Waals surface area contributed by atoms with Crippen molar-refractivity contribution in [2.75, 3.05) is 5.32 Å². The van der Waals surface area contributed by atoms with Crippen LogP contribution < -0.4 is 5.32 Å². The lowest BCUT2D eigenvalue weighted by Gasteiger charge is -2.10. The molecule has 0 spiro atoms. The van der Waals surface area contributed by atoms with E-state index in [1.54, 1.807) is 24.3 Å². The highest BCUT2D eigenvalue weighted by Crippen LogP contribution is 2.26. The first kappa shape index (κ1) is 13.2. The lowest BCUT2D eigenvalue weighted by molar-refractivity contribution is 0.427. The van der Waals surface area contributed by atoms with Crippen molar-refractivity contribution in [3.05, 3.63) is 58.4 Å². The minimum atomic E-state index is -0.670. The molecule has 0 atom stereocenters. The molecule has 0 heterocycles. The monoisotopic (exact) mass is 276 g/mol. The summed E-state index contributed by atoms with van der Waals surface area (Å²) in [6.07, 6.45) is 0. The largest absolute Gasteiger partial charge is 0.505 e. The van der Waals surface area contributed by atoms with Gasteiger partial charge in [-0.05, 0) is 24.3 Å². The molecule has 0 aliphatic rings. The molecule has 0 saturated carbocycles. The van der Waals surface area contributed by atoms with E-state index in [0.717, 1.165) is 0 Å². The fraction of sp³-hybridized carbons (Fsp3) is 0.0714. The molecule has 0 fully saturated rings. The number of phenols is 1. The minimum Gasteiger partial charge on any atom is -0.505 e. The van der Waals surface area contributed by atoms with Crippen molar-refractivity contribution in [2.45, 2.75) is 6.54 Å². The van der Waals surface area contributed by atoms with Crippen LogP contribution in [0.4, 0.5) is 10.1 Å². The van der Waals surface area contributed by atoms with Gasteiger partial charge in [-0.1, -0.05) is 23.7 Å². The average molecular weight is 277 g/mol. The molecule has 0 unspecified atom stereocenters. The van der Waals surface area contributed by atoms with Crippen molar-refractivity contribution < 1.29 is 9.50 Å². The highest BCUT2D eigenvalue weighted by Gasteiger charge is 2.07. The van der Waals surface area contributed by atoms with Gasteiger partial charge in [0.1, 0.15) is 0 Å². The number of rotatable bonds is 3. The molecule has 0 aromatic heterocycles. The molecule has 2 aromatic carbocycles. The van der Waals surface area contributed by atoms with Crippen molar-refractivity contribution in [1.82, 2.24) is 0 Å². The Morgan fingerprint density at radius 2 is 2.11 bits per heavy atom. The van der Waals surface area contributed by atoms with Crippen LogP contribution in [0.1, 0.15) is 11.1 Å². The summed E-state index contributed by atoms with van der Waals surface area (Å²) >= 11 is 5.98. The summed E-state index contributed by atoms with van der Waals surface area (Å²) in [4.78, 5) is 0. The quantitative estimate of drug-likeness (QED) is 0.899. The molecule has 0 aliphatic carbocycles. The third kappa shape index (κ3) is 2.95. The number of hydrogen-bond donors (Lipinski definition) is 2. The van der Waals surface area contributed by atoms with Crippen LogP contribution in [0.5, 0.6) is 5.75 Å². The zero-order valence-electron chi connectivity index (χ0n) is 9.82. The number of benzene rings is 2. The fourth-order valence-corrected chi connectivity index (χ4v) is 1.81. The standard InChI is InChI=1S/C14H10ClFN2O/c15-11-5-4-9(7-17)6-13(11)18-8-10-2-1-3-12(16)14(10)19/h1-6,18-19H,8H2. The number of nitrogens with zero attached hydrogens (tertiary/aromatic N) is 1. The van der Waals surface area contributed by atoms with Gasteiger partial charge in [0.05, 0.1) is 22.3 Å². The van der Waals surface area contributed by atoms with Gasteiger partial charge in [0, 0.05) is 12.1 Å². The Bertz CT molecular complexity index is 652. The van der Waals surface area contributed by atoms with E-state index in [4.69, 9.17) is 16.9 Å². The molecule has 0 aliphatic heterocycles. The van der Waals surface area contributed by atoms with Gasteiger partial charge in [-0.3, -0.25) is 0 Å². The maximum absolute atomic E-state index is 13.2. The summed E-state index contributed by atoms with van der Waals surface area (Å²) in [6, 6.07) is 11.1. The minimum absolute atomic E-state index is 0.207. The molecular weight excluding hydrogens is 267 g/mol. The smallest absolute Gasteiger partial charge is 0.165 e. The topological polar surface area (TPSA) is 56.0 Å². The van der Waals surface area contributed by atoms with E-state index in [0.29, 0.717) is 21.8 Å². The summed E-state index contributed by atoms with van der Waals surface area (Å²) < 4.78 is 13.2. The Morgan fingerprint density at radius 3 is 2.84 bits per heavy atom. The molecule has 19 heavy (non-hydrogen) atoms. The third-order valence-electron chi connectivity index (χ3n) is 2.64. The Morgan fingerprint density at radius 1 is 1.32 bits per heavy atom. The highest BCUT2D eigenvalue weighted by molar-refractivity contribution is 6.33.